The number of carboxylic acids is 1. The predicted molar refractivity (Wildman–Crippen MR) is 77.3 cm³/mol. The van der Waals surface area contributed by atoms with E-state index >= 15 is 0 Å². The molecular formula is C13H15ClN2O6. The van der Waals surface area contributed by atoms with Gasteiger partial charge in [0.25, 0.3) is 11.8 Å². The fourth-order valence-corrected chi connectivity index (χ4v) is 1.74. The Balaban J connectivity index is 3.04. The van der Waals surface area contributed by atoms with Gasteiger partial charge in [0, 0.05) is 5.56 Å². The van der Waals surface area contributed by atoms with Gasteiger partial charge in [0.15, 0.2) is 18.1 Å². The first-order valence-electron chi connectivity index (χ1n) is 6.08. The quantitative estimate of drug-likeness (QED) is 0.664. The van der Waals surface area contributed by atoms with E-state index in [1.807, 2.05) is 0 Å². The number of hydrogen-bond donors (Lipinski definition) is 3. The maximum absolute atomic E-state index is 12.0. The van der Waals surface area contributed by atoms with E-state index in [-0.39, 0.29) is 22.1 Å². The second-order valence-corrected chi connectivity index (χ2v) is 4.69. The third kappa shape index (κ3) is 4.52. The van der Waals surface area contributed by atoms with Crippen LogP contribution in [0.15, 0.2) is 12.1 Å². The molecule has 1 atom stereocenters. The van der Waals surface area contributed by atoms with Crippen LogP contribution in [0.3, 0.4) is 0 Å². The third-order valence-electron chi connectivity index (χ3n) is 2.57. The number of aliphatic carboxylic acids is 1. The summed E-state index contributed by atoms with van der Waals surface area (Å²) >= 11 is 5.99. The number of rotatable bonds is 7. The lowest BCUT2D eigenvalue weighted by atomic mass is 10.1. The van der Waals surface area contributed by atoms with Crippen LogP contribution in [0.4, 0.5) is 0 Å². The van der Waals surface area contributed by atoms with Gasteiger partial charge >= 0.3 is 5.97 Å². The lowest BCUT2D eigenvalue weighted by Crippen LogP contribution is -2.38. The molecule has 8 nitrogen and oxygen atoms in total. The number of nitrogens with one attached hydrogen (secondary N) is 1. The van der Waals surface area contributed by atoms with Gasteiger partial charge in [0.05, 0.1) is 12.1 Å². The molecule has 0 aliphatic carbocycles. The predicted octanol–water partition coefficient (Wildman–Crippen LogP) is 0.416. The van der Waals surface area contributed by atoms with Crippen molar-refractivity contribution in [2.24, 2.45) is 5.73 Å². The number of benzene rings is 1. The van der Waals surface area contributed by atoms with Crippen molar-refractivity contribution in [2.45, 2.75) is 13.0 Å². The number of carbonyl (C=O) groups is 3. The van der Waals surface area contributed by atoms with E-state index in [0.717, 1.165) is 0 Å². The number of hydrogen-bond acceptors (Lipinski definition) is 5. The van der Waals surface area contributed by atoms with Crippen LogP contribution in [0, 0.1) is 0 Å². The summed E-state index contributed by atoms with van der Waals surface area (Å²) in [5, 5.41) is 11.1. The van der Waals surface area contributed by atoms with Crippen molar-refractivity contribution in [3.63, 3.8) is 0 Å². The molecule has 2 amide bonds. The summed E-state index contributed by atoms with van der Waals surface area (Å²) in [6, 6.07) is 1.51. The average molecular weight is 331 g/mol. The van der Waals surface area contributed by atoms with Gasteiger partial charge in [0.1, 0.15) is 6.04 Å². The molecule has 0 radical (unpaired) electrons. The maximum atomic E-state index is 12.0. The summed E-state index contributed by atoms with van der Waals surface area (Å²) in [6.45, 7) is 0.918. The van der Waals surface area contributed by atoms with Crippen molar-refractivity contribution >= 4 is 29.4 Å². The molecule has 0 saturated carbocycles. The van der Waals surface area contributed by atoms with E-state index in [2.05, 4.69) is 5.32 Å². The van der Waals surface area contributed by atoms with Gasteiger partial charge in [-0.25, -0.2) is 0 Å². The first-order chi connectivity index (χ1) is 10.3. The lowest BCUT2D eigenvalue weighted by molar-refractivity contribution is -0.138. The Morgan fingerprint density at radius 2 is 2.05 bits per heavy atom. The highest BCUT2D eigenvalue weighted by molar-refractivity contribution is 6.32. The third-order valence-corrected chi connectivity index (χ3v) is 2.85. The molecule has 0 spiro atoms. The van der Waals surface area contributed by atoms with Crippen molar-refractivity contribution in [3.05, 3.63) is 22.7 Å². The summed E-state index contributed by atoms with van der Waals surface area (Å²) in [6.07, 6.45) is 0. The van der Waals surface area contributed by atoms with Crippen molar-refractivity contribution in [1.82, 2.24) is 5.32 Å². The highest BCUT2D eigenvalue weighted by Crippen LogP contribution is 2.36. The average Bonchev–Trinajstić information content (AvgIpc) is 2.44. The zero-order valence-corrected chi connectivity index (χ0v) is 12.6. The number of nitrogens with two attached hydrogens (primary N) is 1. The van der Waals surface area contributed by atoms with Crippen LogP contribution < -0.4 is 20.5 Å². The second kappa shape index (κ2) is 7.51. The molecule has 1 aromatic carbocycles. The van der Waals surface area contributed by atoms with Crippen LogP contribution in [0.25, 0.3) is 0 Å². The number of methoxy groups -OCH3 is 1. The second-order valence-electron chi connectivity index (χ2n) is 4.28. The lowest BCUT2D eigenvalue weighted by Gasteiger charge is -2.14. The molecule has 1 rings (SSSR count). The Morgan fingerprint density at radius 3 is 2.55 bits per heavy atom. The highest BCUT2D eigenvalue weighted by atomic mass is 35.5. The van der Waals surface area contributed by atoms with Crippen LogP contribution >= 0.6 is 11.6 Å². The van der Waals surface area contributed by atoms with Gasteiger partial charge < -0.3 is 25.6 Å². The molecule has 0 saturated heterocycles. The molecule has 22 heavy (non-hydrogen) atoms. The van der Waals surface area contributed by atoms with E-state index in [1.165, 1.54) is 26.2 Å². The monoisotopic (exact) mass is 330 g/mol. The van der Waals surface area contributed by atoms with Crippen molar-refractivity contribution in [3.8, 4) is 11.5 Å². The molecule has 0 aliphatic rings. The molecule has 120 valence electrons. The van der Waals surface area contributed by atoms with Crippen molar-refractivity contribution in [2.75, 3.05) is 13.7 Å². The zero-order chi connectivity index (χ0) is 16.9. The van der Waals surface area contributed by atoms with Crippen molar-refractivity contribution < 1.29 is 29.0 Å². The largest absolute Gasteiger partial charge is 0.493 e. The number of amides is 2. The maximum Gasteiger partial charge on any atom is 0.325 e. The topological polar surface area (TPSA) is 128 Å². The van der Waals surface area contributed by atoms with E-state index < -0.39 is 30.4 Å². The van der Waals surface area contributed by atoms with E-state index in [1.54, 1.807) is 0 Å². The number of primary amides is 1. The molecule has 0 fully saturated rings. The van der Waals surface area contributed by atoms with E-state index in [4.69, 9.17) is 31.9 Å². The molecule has 0 aliphatic heterocycles. The SMILES string of the molecule is COc1cc(C(=O)NC(C)C(=O)O)cc(Cl)c1OCC(N)=O. The fourth-order valence-electron chi connectivity index (χ4n) is 1.48. The molecular weight excluding hydrogens is 316 g/mol. The first kappa shape index (κ1) is 17.6. The smallest absolute Gasteiger partial charge is 0.325 e. The standard InChI is InChI=1S/C13H15ClN2O6/c1-6(13(19)20)16-12(18)7-3-8(14)11(9(4-7)21-2)22-5-10(15)17/h3-4,6H,5H2,1-2H3,(H2,15,17)(H,16,18)(H,19,20). The Bertz CT molecular complexity index is 604. The normalized spacial score (nSPS) is 11.4. The Hall–Kier alpha value is -2.48. The van der Waals surface area contributed by atoms with Gasteiger partial charge in [0.2, 0.25) is 0 Å². The minimum atomic E-state index is -1.17. The summed E-state index contributed by atoms with van der Waals surface area (Å²) < 4.78 is 10.2. The van der Waals surface area contributed by atoms with Crippen molar-refractivity contribution in [1.29, 1.82) is 0 Å². The molecule has 0 aromatic heterocycles. The Kier molecular flexibility index (Phi) is 6.00. The minimum absolute atomic E-state index is 0.0220. The molecule has 4 N–H and O–H groups in total. The number of halogens is 1. The Labute approximate surface area is 131 Å². The molecule has 9 heteroatoms. The fraction of sp³-hybridized carbons (Fsp3) is 0.308. The van der Waals surface area contributed by atoms with Gasteiger partial charge in [-0.2, -0.15) is 0 Å². The van der Waals surface area contributed by atoms with E-state index in [9.17, 15) is 14.4 Å². The van der Waals surface area contributed by atoms with Crippen LogP contribution in [-0.2, 0) is 9.59 Å². The molecule has 0 heterocycles. The molecule has 1 unspecified atom stereocenters. The summed E-state index contributed by atoms with van der Waals surface area (Å²) in [5.41, 5.74) is 5.06. The van der Waals surface area contributed by atoms with Crippen LogP contribution in [-0.4, -0.2) is 42.6 Å². The zero-order valence-electron chi connectivity index (χ0n) is 11.9. The molecule has 1 aromatic rings. The van der Waals surface area contributed by atoms with Crippen LogP contribution in [0.5, 0.6) is 11.5 Å². The molecule has 0 bridgehead atoms. The van der Waals surface area contributed by atoms with Gasteiger partial charge in [-0.05, 0) is 19.1 Å². The number of ether oxygens (including phenoxy) is 2. The number of carbonyl (C=O) groups excluding carboxylic acids is 2. The summed E-state index contributed by atoms with van der Waals surface area (Å²) in [7, 11) is 1.32. The van der Waals surface area contributed by atoms with Gasteiger partial charge in [-0.1, -0.05) is 11.6 Å². The van der Waals surface area contributed by atoms with Gasteiger partial charge in [-0.3, -0.25) is 14.4 Å². The van der Waals surface area contributed by atoms with E-state index in [0.29, 0.717) is 0 Å². The Morgan fingerprint density at radius 1 is 1.41 bits per heavy atom. The van der Waals surface area contributed by atoms with Crippen LogP contribution in [0.2, 0.25) is 5.02 Å². The number of carboxylic acid groups (broad SMARTS) is 1. The summed E-state index contributed by atoms with van der Waals surface area (Å²) in [5.74, 6) is -2.34. The first-order valence-corrected chi connectivity index (χ1v) is 6.46. The minimum Gasteiger partial charge on any atom is -0.493 e. The van der Waals surface area contributed by atoms with Crippen LogP contribution in [0.1, 0.15) is 17.3 Å². The summed E-state index contributed by atoms with van der Waals surface area (Å²) in [4.78, 5) is 33.4. The van der Waals surface area contributed by atoms with Gasteiger partial charge in [-0.15, -0.1) is 0 Å². The highest BCUT2D eigenvalue weighted by Gasteiger charge is 2.19.